The molecule has 0 saturated carbocycles. The van der Waals surface area contributed by atoms with Gasteiger partial charge in [-0.05, 0) is 17.7 Å². The minimum absolute atomic E-state index is 0.0497. The van der Waals surface area contributed by atoms with Crippen molar-refractivity contribution in [1.29, 1.82) is 0 Å². The van der Waals surface area contributed by atoms with Crippen LogP contribution in [0.15, 0.2) is 53.1 Å². The van der Waals surface area contributed by atoms with E-state index in [1.165, 1.54) is 0 Å². The van der Waals surface area contributed by atoms with E-state index in [0.29, 0.717) is 6.54 Å². The first kappa shape index (κ1) is 10.9. The van der Waals surface area contributed by atoms with Crippen LogP contribution in [0.4, 0.5) is 0 Å². The van der Waals surface area contributed by atoms with Crippen molar-refractivity contribution in [3.8, 4) is 0 Å². The Labute approximate surface area is 94.7 Å². The van der Waals surface area contributed by atoms with Gasteiger partial charge >= 0.3 is 0 Å². The molecule has 3 heteroatoms. The van der Waals surface area contributed by atoms with E-state index in [1.54, 1.807) is 6.26 Å². The topological polar surface area (TPSA) is 45.4 Å². The molecule has 0 spiro atoms. The molecule has 1 aromatic carbocycles. The van der Waals surface area contributed by atoms with Crippen LogP contribution < -0.4 is 5.32 Å². The zero-order valence-electron chi connectivity index (χ0n) is 8.97. The normalized spacial score (nSPS) is 12.6. The molecule has 2 rings (SSSR count). The summed E-state index contributed by atoms with van der Waals surface area (Å²) in [6, 6.07) is 13.6. The van der Waals surface area contributed by atoms with Crippen molar-refractivity contribution >= 4 is 0 Å². The van der Waals surface area contributed by atoms with E-state index in [2.05, 4.69) is 5.32 Å². The second kappa shape index (κ2) is 5.49. The Hall–Kier alpha value is -1.58. The van der Waals surface area contributed by atoms with Crippen molar-refractivity contribution in [2.75, 3.05) is 6.61 Å². The summed E-state index contributed by atoms with van der Waals surface area (Å²) >= 11 is 0. The van der Waals surface area contributed by atoms with Crippen LogP contribution in [0.2, 0.25) is 0 Å². The number of hydrogen-bond donors (Lipinski definition) is 2. The van der Waals surface area contributed by atoms with Crippen LogP contribution in [-0.2, 0) is 6.54 Å². The molecule has 1 heterocycles. The van der Waals surface area contributed by atoms with Crippen molar-refractivity contribution < 1.29 is 9.52 Å². The van der Waals surface area contributed by atoms with E-state index in [4.69, 9.17) is 4.42 Å². The van der Waals surface area contributed by atoms with Crippen LogP contribution in [0.1, 0.15) is 17.4 Å². The molecule has 0 radical (unpaired) electrons. The van der Waals surface area contributed by atoms with Gasteiger partial charge in [-0.25, -0.2) is 0 Å². The highest BCUT2D eigenvalue weighted by Gasteiger charge is 2.09. The lowest BCUT2D eigenvalue weighted by molar-refractivity contribution is 0.241. The van der Waals surface area contributed by atoms with Gasteiger partial charge in [0.05, 0.1) is 25.5 Å². The molecule has 3 nitrogen and oxygen atoms in total. The first-order valence-corrected chi connectivity index (χ1v) is 5.31. The fourth-order valence-electron chi connectivity index (χ4n) is 1.61. The van der Waals surface area contributed by atoms with Gasteiger partial charge in [0.15, 0.2) is 0 Å². The van der Waals surface area contributed by atoms with Crippen LogP contribution >= 0.6 is 0 Å². The molecule has 1 aromatic heterocycles. The second-order valence-electron chi connectivity index (χ2n) is 3.61. The smallest absolute Gasteiger partial charge is 0.117 e. The zero-order chi connectivity index (χ0) is 11.2. The van der Waals surface area contributed by atoms with Crippen molar-refractivity contribution in [2.24, 2.45) is 0 Å². The number of benzene rings is 1. The first-order valence-electron chi connectivity index (χ1n) is 5.31. The molecule has 0 aliphatic heterocycles. The second-order valence-corrected chi connectivity index (χ2v) is 3.61. The molecule has 0 aliphatic carbocycles. The molecule has 0 aliphatic rings. The lowest BCUT2D eigenvalue weighted by Crippen LogP contribution is -2.23. The zero-order valence-corrected chi connectivity index (χ0v) is 8.97. The molecule has 0 unspecified atom stereocenters. The minimum atomic E-state index is -0.0497. The van der Waals surface area contributed by atoms with Gasteiger partial charge < -0.3 is 14.8 Å². The number of furan rings is 1. The van der Waals surface area contributed by atoms with Gasteiger partial charge in [-0.2, -0.15) is 0 Å². The number of aliphatic hydroxyl groups excluding tert-OH is 1. The summed E-state index contributed by atoms with van der Waals surface area (Å²) in [4.78, 5) is 0. The Morgan fingerprint density at radius 2 is 1.94 bits per heavy atom. The maximum Gasteiger partial charge on any atom is 0.117 e. The molecule has 1 atom stereocenters. The average Bonchev–Trinajstić information content (AvgIpc) is 2.84. The lowest BCUT2D eigenvalue weighted by atomic mass is 10.1. The monoisotopic (exact) mass is 217 g/mol. The Kier molecular flexibility index (Phi) is 3.75. The average molecular weight is 217 g/mol. The van der Waals surface area contributed by atoms with Crippen molar-refractivity contribution in [1.82, 2.24) is 5.32 Å². The molecule has 0 bridgehead atoms. The summed E-state index contributed by atoms with van der Waals surface area (Å²) in [7, 11) is 0. The predicted molar refractivity (Wildman–Crippen MR) is 61.8 cm³/mol. The van der Waals surface area contributed by atoms with E-state index in [9.17, 15) is 5.11 Å². The summed E-state index contributed by atoms with van der Waals surface area (Å²) in [6.07, 6.45) is 1.65. The highest BCUT2D eigenvalue weighted by Crippen LogP contribution is 2.12. The molecule has 0 amide bonds. The maximum absolute atomic E-state index is 9.31. The van der Waals surface area contributed by atoms with Gasteiger partial charge in [0, 0.05) is 0 Å². The molecule has 0 fully saturated rings. The number of rotatable bonds is 5. The summed E-state index contributed by atoms with van der Waals surface area (Å²) in [5, 5.41) is 12.6. The minimum Gasteiger partial charge on any atom is -0.468 e. The molecular weight excluding hydrogens is 202 g/mol. The van der Waals surface area contributed by atoms with Gasteiger partial charge in [0.25, 0.3) is 0 Å². The van der Waals surface area contributed by atoms with E-state index in [0.717, 1.165) is 11.3 Å². The number of nitrogens with one attached hydrogen (secondary N) is 1. The Bertz CT molecular complexity index is 397. The molecule has 2 aromatic rings. The Balaban J connectivity index is 1.96. The SMILES string of the molecule is OC[C@H](NCc1ccco1)c1ccccc1. The van der Waals surface area contributed by atoms with Crippen LogP contribution in [0.25, 0.3) is 0 Å². The molecule has 84 valence electrons. The highest BCUT2D eigenvalue weighted by atomic mass is 16.3. The van der Waals surface area contributed by atoms with Crippen LogP contribution in [-0.4, -0.2) is 11.7 Å². The van der Waals surface area contributed by atoms with Crippen LogP contribution in [0.5, 0.6) is 0 Å². The summed E-state index contributed by atoms with van der Waals surface area (Å²) in [6.45, 7) is 0.692. The van der Waals surface area contributed by atoms with Gasteiger partial charge in [0.2, 0.25) is 0 Å². The fraction of sp³-hybridized carbons (Fsp3) is 0.231. The highest BCUT2D eigenvalue weighted by molar-refractivity contribution is 5.19. The first-order chi connectivity index (χ1) is 7.90. The van der Waals surface area contributed by atoms with Gasteiger partial charge in [-0.15, -0.1) is 0 Å². The third kappa shape index (κ3) is 2.72. The molecular formula is C13H15NO2. The van der Waals surface area contributed by atoms with Gasteiger partial charge in [-0.3, -0.25) is 0 Å². The third-order valence-corrected chi connectivity index (χ3v) is 2.49. The molecule has 0 saturated heterocycles. The molecule has 2 N–H and O–H groups in total. The predicted octanol–water partition coefficient (Wildman–Crippen LogP) is 2.10. The van der Waals surface area contributed by atoms with Crippen molar-refractivity contribution in [3.63, 3.8) is 0 Å². The van der Waals surface area contributed by atoms with Gasteiger partial charge in [-0.1, -0.05) is 30.3 Å². The standard InChI is InChI=1S/C13H15NO2/c15-10-13(11-5-2-1-3-6-11)14-9-12-7-4-8-16-12/h1-8,13-15H,9-10H2/t13-/m0/s1. The number of aliphatic hydroxyl groups is 1. The molecule has 16 heavy (non-hydrogen) atoms. The quantitative estimate of drug-likeness (QED) is 0.806. The summed E-state index contributed by atoms with van der Waals surface area (Å²) < 4.78 is 5.22. The van der Waals surface area contributed by atoms with Crippen LogP contribution in [0.3, 0.4) is 0 Å². The lowest BCUT2D eigenvalue weighted by Gasteiger charge is -2.15. The fourth-order valence-corrected chi connectivity index (χ4v) is 1.61. The number of hydrogen-bond acceptors (Lipinski definition) is 3. The van der Waals surface area contributed by atoms with Gasteiger partial charge in [0.1, 0.15) is 5.76 Å². The maximum atomic E-state index is 9.31. The Morgan fingerprint density at radius 3 is 2.56 bits per heavy atom. The van der Waals surface area contributed by atoms with Crippen LogP contribution in [0, 0.1) is 0 Å². The van der Waals surface area contributed by atoms with E-state index in [-0.39, 0.29) is 12.6 Å². The Morgan fingerprint density at radius 1 is 1.12 bits per heavy atom. The summed E-state index contributed by atoms with van der Waals surface area (Å²) in [5.41, 5.74) is 1.08. The van der Waals surface area contributed by atoms with Crippen molar-refractivity contribution in [2.45, 2.75) is 12.6 Å². The van der Waals surface area contributed by atoms with Crippen molar-refractivity contribution in [3.05, 3.63) is 60.1 Å². The van der Waals surface area contributed by atoms with E-state index < -0.39 is 0 Å². The largest absolute Gasteiger partial charge is 0.468 e. The summed E-state index contributed by atoms with van der Waals surface area (Å²) in [5.74, 6) is 0.870. The third-order valence-electron chi connectivity index (χ3n) is 2.49. The van der Waals surface area contributed by atoms with E-state index >= 15 is 0 Å². The van der Waals surface area contributed by atoms with E-state index in [1.807, 2.05) is 42.5 Å².